The molecule has 0 aromatic heterocycles. The zero-order valence-electron chi connectivity index (χ0n) is 15.3. The van der Waals surface area contributed by atoms with E-state index in [9.17, 15) is 0 Å². The molecule has 0 spiro atoms. The van der Waals surface area contributed by atoms with Crippen molar-refractivity contribution >= 4 is 5.69 Å². The van der Waals surface area contributed by atoms with E-state index < -0.39 is 0 Å². The Morgan fingerprint density at radius 3 is 2.54 bits per heavy atom. The molecule has 1 fully saturated rings. The number of anilines is 1. The van der Waals surface area contributed by atoms with Crippen LogP contribution in [0.25, 0.3) is 0 Å². The topological polar surface area (TPSA) is 37.0 Å². The summed E-state index contributed by atoms with van der Waals surface area (Å²) >= 11 is 0. The molecule has 1 N–H and O–H groups in total. The van der Waals surface area contributed by atoms with Gasteiger partial charge in [-0.05, 0) is 37.1 Å². The van der Waals surface area contributed by atoms with Gasteiger partial charge in [-0.2, -0.15) is 0 Å². The van der Waals surface area contributed by atoms with Gasteiger partial charge in [0.15, 0.2) is 0 Å². The van der Waals surface area contributed by atoms with Crippen LogP contribution in [0.15, 0.2) is 66.6 Å². The van der Waals surface area contributed by atoms with Crippen LogP contribution in [0.3, 0.4) is 0 Å². The number of rotatable bonds is 4. The molecule has 2 aliphatic heterocycles. The van der Waals surface area contributed by atoms with E-state index in [2.05, 4.69) is 72.0 Å². The third-order valence-electron chi connectivity index (χ3n) is 5.09. The summed E-state index contributed by atoms with van der Waals surface area (Å²) in [6.07, 6.45) is 2.03. The fraction of sp³-hybridized carbons (Fsp3) is 0.333. The Hall–Kier alpha value is -2.34. The van der Waals surface area contributed by atoms with Crippen LogP contribution >= 0.6 is 0 Å². The molecule has 5 heteroatoms. The number of benzene rings is 2. The van der Waals surface area contributed by atoms with Crippen LogP contribution in [0.2, 0.25) is 0 Å². The van der Waals surface area contributed by atoms with Gasteiger partial charge in [-0.3, -0.25) is 4.90 Å². The van der Waals surface area contributed by atoms with Crippen molar-refractivity contribution < 1.29 is 9.57 Å². The third kappa shape index (κ3) is 3.60. The van der Waals surface area contributed by atoms with E-state index in [1.807, 2.05) is 18.1 Å². The molecule has 2 atom stereocenters. The number of ether oxygens (including phenoxy) is 1. The zero-order chi connectivity index (χ0) is 17.9. The van der Waals surface area contributed by atoms with Crippen molar-refractivity contribution in [3.63, 3.8) is 0 Å². The van der Waals surface area contributed by atoms with Crippen molar-refractivity contribution in [2.75, 3.05) is 24.7 Å². The minimum Gasteiger partial charge on any atom is -0.392 e. The molecular weight excluding hydrogens is 326 g/mol. The molecule has 0 saturated carbocycles. The summed E-state index contributed by atoms with van der Waals surface area (Å²) in [5.41, 5.74) is 6.46. The molecule has 0 amide bonds. The number of hydrazine groups is 1. The zero-order valence-corrected chi connectivity index (χ0v) is 15.3. The summed E-state index contributed by atoms with van der Waals surface area (Å²) in [6, 6.07) is 19.5. The SMILES string of the molecule is CC1=CN(c2ccc(C3CN([C@H](C)c4ccccc4)CCO3)cc2)NO1. The summed E-state index contributed by atoms with van der Waals surface area (Å²) in [5.74, 6) is 0.843. The largest absolute Gasteiger partial charge is 0.392 e. The maximum Gasteiger partial charge on any atom is 0.141 e. The Morgan fingerprint density at radius 2 is 1.85 bits per heavy atom. The Labute approximate surface area is 154 Å². The minimum atomic E-state index is 0.101. The molecule has 2 aromatic rings. The molecule has 2 aliphatic rings. The lowest BCUT2D eigenvalue weighted by atomic mass is 10.0. The second-order valence-electron chi connectivity index (χ2n) is 6.84. The third-order valence-corrected chi connectivity index (χ3v) is 5.09. The summed E-state index contributed by atoms with van der Waals surface area (Å²) in [7, 11) is 0. The van der Waals surface area contributed by atoms with Gasteiger partial charge in [-0.25, -0.2) is 5.01 Å². The molecule has 0 radical (unpaired) electrons. The number of hydrogen-bond donors (Lipinski definition) is 1. The van der Waals surface area contributed by atoms with Crippen molar-refractivity contribution in [1.29, 1.82) is 0 Å². The van der Waals surface area contributed by atoms with Crippen molar-refractivity contribution in [2.24, 2.45) is 0 Å². The highest BCUT2D eigenvalue weighted by molar-refractivity contribution is 5.50. The molecule has 0 bridgehead atoms. The lowest BCUT2D eigenvalue weighted by Crippen LogP contribution is -2.39. The van der Waals surface area contributed by atoms with Gasteiger partial charge in [0.05, 0.1) is 24.6 Å². The highest BCUT2D eigenvalue weighted by atomic mass is 16.7. The average Bonchev–Trinajstić information content (AvgIpc) is 3.15. The van der Waals surface area contributed by atoms with E-state index in [-0.39, 0.29) is 6.10 Å². The summed E-state index contributed by atoms with van der Waals surface area (Å²) in [6.45, 7) is 6.81. The molecule has 26 heavy (non-hydrogen) atoms. The highest BCUT2D eigenvalue weighted by Crippen LogP contribution is 2.29. The summed E-state index contributed by atoms with van der Waals surface area (Å²) in [5, 5.41) is 1.87. The van der Waals surface area contributed by atoms with E-state index in [1.54, 1.807) is 0 Å². The molecule has 1 saturated heterocycles. The monoisotopic (exact) mass is 351 g/mol. The molecule has 5 nitrogen and oxygen atoms in total. The van der Waals surface area contributed by atoms with Crippen LogP contribution in [-0.4, -0.2) is 24.6 Å². The van der Waals surface area contributed by atoms with Gasteiger partial charge < -0.3 is 9.57 Å². The van der Waals surface area contributed by atoms with Gasteiger partial charge in [0.1, 0.15) is 5.76 Å². The second-order valence-corrected chi connectivity index (χ2v) is 6.84. The van der Waals surface area contributed by atoms with Gasteiger partial charge in [0.25, 0.3) is 0 Å². The Balaban J connectivity index is 1.44. The lowest BCUT2D eigenvalue weighted by Gasteiger charge is -2.37. The van der Waals surface area contributed by atoms with Crippen LogP contribution < -0.4 is 10.6 Å². The average molecular weight is 351 g/mol. The van der Waals surface area contributed by atoms with Crippen molar-refractivity contribution in [3.05, 3.63) is 77.7 Å². The van der Waals surface area contributed by atoms with Crippen molar-refractivity contribution in [3.8, 4) is 0 Å². The van der Waals surface area contributed by atoms with E-state index in [1.165, 1.54) is 11.1 Å². The molecule has 0 aliphatic carbocycles. The fourth-order valence-electron chi connectivity index (χ4n) is 3.50. The van der Waals surface area contributed by atoms with Crippen LogP contribution in [0, 0.1) is 0 Å². The Kier molecular flexibility index (Phi) is 4.93. The van der Waals surface area contributed by atoms with Crippen molar-refractivity contribution in [2.45, 2.75) is 26.0 Å². The number of hydrogen-bond acceptors (Lipinski definition) is 5. The van der Waals surface area contributed by atoms with E-state index in [0.29, 0.717) is 6.04 Å². The van der Waals surface area contributed by atoms with Crippen LogP contribution in [-0.2, 0) is 9.57 Å². The van der Waals surface area contributed by atoms with Gasteiger partial charge >= 0.3 is 0 Å². The number of morpholine rings is 1. The van der Waals surface area contributed by atoms with E-state index in [0.717, 1.165) is 31.1 Å². The summed E-state index contributed by atoms with van der Waals surface area (Å²) in [4.78, 5) is 7.75. The Bertz CT molecular complexity index is 761. The molecular formula is C21H25N3O2. The van der Waals surface area contributed by atoms with Gasteiger partial charge in [-0.1, -0.05) is 48.1 Å². The smallest absolute Gasteiger partial charge is 0.141 e. The molecule has 1 unspecified atom stereocenters. The fourth-order valence-corrected chi connectivity index (χ4v) is 3.50. The van der Waals surface area contributed by atoms with E-state index in [4.69, 9.17) is 9.57 Å². The van der Waals surface area contributed by atoms with Crippen LogP contribution in [0.4, 0.5) is 5.69 Å². The van der Waals surface area contributed by atoms with Gasteiger partial charge in [0.2, 0.25) is 0 Å². The van der Waals surface area contributed by atoms with E-state index >= 15 is 0 Å². The normalized spacial score (nSPS) is 22.0. The predicted molar refractivity (Wildman–Crippen MR) is 102 cm³/mol. The highest BCUT2D eigenvalue weighted by Gasteiger charge is 2.26. The number of nitrogens with one attached hydrogen (secondary N) is 1. The maximum absolute atomic E-state index is 6.06. The summed E-state index contributed by atoms with van der Waals surface area (Å²) < 4.78 is 6.06. The Morgan fingerprint density at radius 1 is 1.08 bits per heavy atom. The lowest BCUT2D eigenvalue weighted by molar-refractivity contribution is -0.0431. The maximum atomic E-state index is 6.06. The van der Waals surface area contributed by atoms with Crippen LogP contribution in [0.5, 0.6) is 0 Å². The second kappa shape index (κ2) is 7.50. The van der Waals surface area contributed by atoms with Gasteiger partial charge in [-0.15, -0.1) is 0 Å². The van der Waals surface area contributed by atoms with Crippen molar-refractivity contribution in [1.82, 2.24) is 10.5 Å². The van der Waals surface area contributed by atoms with Crippen LogP contribution in [0.1, 0.15) is 37.1 Å². The number of allylic oxidation sites excluding steroid dienone is 1. The first-order valence-electron chi connectivity index (χ1n) is 9.11. The first-order chi connectivity index (χ1) is 12.7. The first kappa shape index (κ1) is 17.1. The molecule has 2 heterocycles. The molecule has 2 aromatic carbocycles. The molecule has 136 valence electrons. The standard InChI is InChI=1S/C21H25N3O2/c1-16-14-24(22-26-16)20-10-8-19(9-11-20)21-15-23(12-13-25-21)17(2)18-6-4-3-5-7-18/h3-11,14,17,21-22H,12-13,15H2,1-2H3/t17-,21?/m1/s1. The van der Waals surface area contributed by atoms with Gasteiger partial charge in [0, 0.05) is 19.1 Å². The molecule has 4 rings (SSSR count). The first-order valence-corrected chi connectivity index (χ1v) is 9.11. The number of nitrogens with zero attached hydrogens (tertiary/aromatic N) is 2. The quantitative estimate of drug-likeness (QED) is 0.903. The minimum absolute atomic E-state index is 0.101. The predicted octanol–water partition coefficient (Wildman–Crippen LogP) is 3.94.